The Morgan fingerprint density at radius 3 is 2.72 bits per heavy atom. The van der Waals surface area contributed by atoms with Crippen molar-refractivity contribution in [1.82, 2.24) is 9.62 Å². The zero-order chi connectivity index (χ0) is 18.0. The molecule has 25 heavy (non-hydrogen) atoms. The second-order valence-corrected chi connectivity index (χ2v) is 8.18. The fourth-order valence-corrected chi connectivity index (χ4v) is 4.16. The van der Waals surface area contributed by atoms with Crippen molar-refractivity contribution < 1.29 is 22.7 Å². The molecule has 138 valence electrons. The van der Waals surface area contributed by atoms with Crippen LogP contribution in [0, 0.1) is 0 Å². The molecular weight excluding hydrogens is 346 g/mol. The number of amides is 1. The molecule has 1 aromatic carbocycles. The lowest BCUT2D eigenvalue weighted by atomic mass is 10.2. The minimum atomic E-state index is -3.65. The summed E-state index contributed by atoms with van der Waals surface area (Å²) in [6, 6.07) is 4.43. The van der Waals surface area contributed by atoms with Crippen LogP contribution in [0.3, 0.4) is 0 Å². The Morgan fingerprint density at radius 2 is 2.00 bits per heavy atom. The molecule has 0 aliphatic carbocycles. The number of hydrogen-bond donors (Lipinski definition) is 2. The number of anilines is 1. The Bertz CT molecular complexity index is 742. The van der Waals surface area contributed by atoms with Crippen LogP contribution in [0.15, 0.2) is 23.1 Å². The first kappa shape index (κ1) is 18.1. The van der Waals surface area contributed by atoms with Crippen molar-refractivity contribution >= 4 is 21.6 Å². The summed E-state index contributed by atoms with van der Waals surface area (Å²) in [6.45, 7) is 6.45. The summed E-state index contributed by atoms with van der Waals surface area (Å²) in [5.41, 5.74) is 0.370. The minimum absolute atomic E-state index is 0.0618. The van der Waals surface area contributed by atoms with Gasteiger partial charge in [-0.15, -0.1) is 0 Å². The average Bonchev–Trinajstić information content (AvgIpc) is 2.53. The lowest BCUT2D eigenvalue weighted by Gasteiger charge is -2.35. The number of nitrogens with zero attached hydrogens (tertiary/aromatic N) is 1. The highest BCUT2D eigenvalue weighted by Crippen LogP contribution is 2.29. The summed E-state index contributed by atoms with van der Waals surface area (Å²) < 4.78 is 38.4. The molecule has 1 saturated heterocycles. The van der Waals surface area contributed by atoms with E-state index < -0.39 is 10.0 Å². The minimum Gasteiger partial charge on any atom is -0.482 e. The molecule has 0 radical (unpaired) electrons. The predicted octanol–water partition coefficient (Wildman–Crippen LogP) is 0.405. The third kappa shape index (κ3) is 4.49. The first-order valence-electron chi connectivity index (χ1n) is 8.27. The molecule has 0 aromatic heterocycles. The van der Waals surface area contributed by atoms with Gasteiger partial charge in [0.2, 0.25) is 10.0 Å². The van der Waals surface area contributed by atoms with Crippen molar-refractivity contribution in [3.8, 4) is 5.75 Å². The summed E-state index contributed by atoms with van der Waals surface area (Å²) in [6.07, 6.45) is 0.286. The van der Waals surface area contributed by atoms with Crippen LogP contribution in [0.1, 0.15) is 13.8 Å². The normalized spacial score (nSPS) is 24.3. The van der Waals surface area contributed by atoms with Crippen molar-refractivity contribution in [3.63, 3.8) is 0 Å². The second-order valence-electron chi connectivity index (χ2n) is 6.41. The molecule has 1 aromatic rings. The number of nitrogens with one attached hydrogen (secondary N) is 2. The fraction of sp³-hybridized carbons (Fsp3) is 0.562. The van der Waals surface area contributed by atoms with E-state index in [0.717, 1.165) is 13.1 Å². The maximum atomic E-state index is 12.5. The van der Waals surface area contributed by atoms with Crippen molar-refractivity contribution in [2.45, 2.75) is 31.0 Å². The van der Waals surface area contributed by atoms with Crippen molar-refractivity contribution in [3.05, 3.63) is 18.2 Å². The van der Waals surface area contributed by atoms with Crippen LogP contribution in [-0.4, -0.2) is 64.2 Å². The lowest BCUT2D eigenvalue weighted by Crippen LogP contribution is -2.47. The molecule has 3 rings (SSSR count). The van der Waals surface area contributed by atoms with Crippen LogP contribution < -0.4 is 14.8 Å². The molecule has 0 spiro atoms. The summed E-state index contributed by atoms with van der Waals surface area (Å²) in [7, 11) is -3.65. The molecule has 0 saturated carbocycles. The van der Waals surface area contributed by atoms with Crippen LogP contribution in [0.4, 0.5) is 5.69 Å². The Balaban J connectivity index is 1.60. The quantitative estimate of drug-likeness (QED) is 0.780. The van der Waals surface area contributed by atoms with E-state index >= 15 is 0 Å². The van der Waals surface area contributed by atoms with Gasteiger partial charge in [0.1, 0.15) is 5.75 Å². The highest BCUT2D eigenvalue weighted by Gasteiger charge is 2.23. The molecule has 9 heteroatoms. The van der Waals surface area contributed by atoms with E-state index in [0.29, 0.717) is 24.5 Å². The average molecular weight is 369 g/mol. The van der Waals surface area contributed by atoms with Crippen LogP contribution in [0.2, 0.25) is 0 Å². The van der Waals surface area contributed by atoms with Crippen LogP contribution in [0.25, 0.3) is 0 Å². The van der Waals surface area contributed by atoms with E-state index in [2.05, 4.69) is 14.9 Å². The van der Waals surface area contributed by atoms with Gasteiger partial charge in [-0.05, 0) is 32.0 Å². The summed E-state index contributed by atoms with van der Waals surface area (Å²) in [5.74, 6) is 0.167. The molecule has 1 fully saturated rings. The standard InChI is InChI=1S/C16H23N3O5S/c1-11-8-19(9-12(2)24-11)6-5-17-25(21,22)13-3-4-15-14(7-13)18-16(20)10-23-15/h3-4,7,11-12,17H,5-6,8-10H2,1-2H3,(H,18,20). The highest BCUT2D eigenvalue weighted by atomic mass is 32.2. The number of carbonyl (C=O) groups excluding carboxylic acids is 1. The van der Waals surface area contributed by atoms with E-state index in [1.807, 2.05) is 13.8 Å². The van der Waals surface area contributed by atoms with Crippen LogP contribution >= 0.6 is 0 Å². The Kier molecular flexibility index (Phi) is 5.28. The molecule has 2 aliphatic heterocycles. The van der Waals surface area contributed by atoms with Gasteiger partial charge in [0.25, 0.3) is 5.91 Å². The number of carbonyl (C=O) groups is 1. The molecule has 2 unspecified atom stereocenters. The van der Waals surface area contributed by atoms with Gasteiger partial charge in [-0.2, -0.15) is 0 Å². The number of benzene rings is 1. The molecule has 8 nitrogen and oxygen atoms in total. The smallest absolute Gasteiger partial charge is 0.262 e. The summed E-state index contributed by atoms with van der Waals surface area (Å²) in [4.78, 5) is 13.7. The van der Waals surface area contributed by atoms with E-state index in [4.69, 9.17) is 9.47 Å². The van der Waals surface area contributed by atoms with E-state index in [9.17, 15) is 13.2 Å². The Hall–Kier alpha value is -1.68. The van der Waals surface area contributed by atoms with Crippen molar-refractivity contribution in [2.24, 2.45) is 0 Å². The van der Waals surface area contributed by atoms with Gasteiger partial charge in [-0.1, -0.05) is 0 Å². The zero-order valence-electron chi connectivity index (χ0n) is 14.3. The van der Waals surface area contributed by atoms with Gasteiger partial charge in [0.05, 0.1) is 22.8 Å². The number of morpholine rings is 1. The molecule has 2 atom stereocenters. The van der Waals surface area contributed by atoms with Crippen LogP contribution in [0.5, 0.6) is 5.75 Å². The largest absolute Gasteiger partial charge is 0.482 e. The van der Waals surface area contributed by atoms with E-state index in [-0.39, 0.29) is 29.6 Å². The summed E-state index contributed by atoms with van der Waals surface area (Å²) in [5, 5.41) is 2.61. The van der Waals surface area contributed by atoms with Crippen molar-refractivity contribution in [1.29, 1.82) is 0 Å². The van der Waals surface area contributed by atoms with E-state index in [1.54, 1.807) is 6.07 Å². The van der Waals surface area contributed by atoms with Gasteiger partial charge in [-0.25, -0.2) is 13.1 Å². The Labute approximate surface area is 147 Å². The zero-order valence-corrected chi connectivity index (χ0v) is 15.1. The van der Waals surface area contributed by atoms with Gasteiger partial charge in [-0.3, -0.25) is 9.69 Å². The topological polar surface area (TPSA) is 97.0 Å². The highest BCUT2D eigenvalue weighted by molar-refractivity contribution is 7.89. The number of hydrogen-bond acceptors (Lipinski definition) is 6. The molecule has 1 amide bonds. The molecule has 2 N–H and O–H groups in total. The fourth-order valence-electron chi connectivity index (χ4n) is 3.12. The number of ether oxygens (including phenoxy) is 2. The maximum absolute atomic E-state index is 12.5. The maximum Gasteiger partial charge on any atom is 0.262 e. The first-order chi connectivity index (χ1) is 11.8. The Morgan fingerprint density at radius 1 is 1.28 bits per heavy atom. The SMILES string of the molecule is CC1CN(CCNS(=O)(=O)c2ccc3c(c2)NC(=O)CO3)CC(C)O1. The number of fused-ring (bicyclic) bond motifs is 1. The van der Waals surface area contributed by atoms with E-state index in [1.165, 1.54) is 12.1 Å². The van der Waals surface area contributed by atoms with Gasteiger partial charge < -0.3 is 14.8 Å². The lowest BCUT2D eigenvalue weighted by molar-refractivity contribution is -0.118. The monoisotopic (exact) mass is 369 g/mol. The van der Waals surface area contributed by atoms with Gasteiger partial charge in [0, 0.05) is 26.2 Å². The van der Waals surface area contributed by atoms with Crippen LogP contribution in [-0.2, 0) is 19.6 Å². The molecular formula is C16H23N3O5S. The number of sulfonamides is 1. The van der Waals surface area contributed by atoms with Gasteiger partial charge in [0.15, 0.2) is 6.61 Å². The molecule has 2 aliphatic rings. The summed E-state index contributed by atoms with van der Waals surface area (Å²) >= 11 is 0. The molecule has 2 heterocycles. The first-order valence-corrected chi connectivity index (χ1v) is 9.76. The third-order valence-corrected chi connectivity index (χ3v) is 5.57. The number of rotatable bonds is 5. The molecule has 0 bridgehead atoms. The second kappa shape index (κ2) is 7.28. The predicted molar refractivity (Wildman–Crippen MR) is 92.2 cm³/mol. The third-order valence-electron chi connectivity index (χ3n) is 4.11. The van der Waals surface area contributed by atoms with Crippen molar-refractivity contribution in [2.75, 3.05) is 38.1 Å². The van der Waals surface area contributed by atoms with Gasteiger partial charge >= 0.3 is 0 Å².